The van der Waals surface area contributed by atoms with Gasteiger partial charge in [0.25, 0.3) is 0 Å². The number of phenolic OH excluding ortho intramolecular Hbond substituents is 2. The Balaban J connectivity index is 0.00000180. The summed E-state index contributed by atoms with van der Waals surface area (Å²) in [6.07, 6.45) is 0. The van der Waals surface area contributed by atoms with Crippen molar-refractivity contribution in [2.24, 2.45) is 11.5 Å². The maximum Gasteiger partial charge on any atom is 0.115 e. The van der Waals surface area contributed by atoms with Crippen molar-refractivity contribution in [3.05, 3.63) is 59.7 Å². The van der Waals surface area contributed by atoms with Crippen LogP contribution >= 0.6 is 24.8 Å². The second kappa shape index (κ2) is 7.97. The summed E-state index contributed by atoms with van der Waals surface area (Å²) < 4.78 is 0. The molecule has 20 heavy (non-hydrogen) atoms. The molecule has 6 N–H and O–H groups in total. The standard InChI is InChI=1S/C14H16N2O2.2ClH/c15-13(9-1-5-11(17)6-2-9)14(16)10-3-7-12(18)8-4-10;;/h1-8,13-14,17-18H,15-16H2;2*1H/t13-,14-;;/m0../s1. The molecule has 0 fully saturated rings. The summed E-state index contributed by atoms with van der Waals surface area (Å²) in [6.45, 7) is 0. The molecule has 4 nitrogen and oxygen atoms in total. The van der Waals surface area contributed by atoms with E-state index < -0.39 is 0 Å². The summed E-state index contributed by atoms with van der Waals surface area (Å²) in [5.41, 5.74) is 13.9. The number of rotatable bonds is 3. The lowest BCUT2D eigenvalue weighted by Gasteiger charge is -2.20. The van der Waals surface area contributed by atoms with E-state index in [4.69, 9.17) is 11.5 Å². The van der Waals surface area contributed by atoms with Crippen LogP contribution in [0.25, 0.3) is 0 Å². The largest absolute Gasteiger partial charge is 0.508 e. The molecule has 0 saturated heterocycles. The molecule has 2 aromatic carbocycles. The van der Waals surface area contributed by atoms with Crippen molar-refractivity contribution < 1.29 is 10.2 Å². The van der Waals surface area contributed by atoms with Crippen LogP contribution in [0.2, 0.25) is 0 Å². The third-order valence-electron chi connectivity index (χ3n) is 2.94. The van der Waals surface area contributed by atoms with Gasteiger partial charge in [-0.1, -0.05) is 24.3 Å². The number of nitrogens with two attached hydrogens (primary N) is 2. The SMILES string of the molecule is Cl.Cl.N[C@@H](c1ccc(O)cc1)[C@@H](N)c1ccc(O)cc1. The fourth-order valence-corrected chi connectivity index (χ4v) is 1.81. The van der Waals surface area contributed by atoms with Crippen molar-refractivity contribution in [3.63, 3.8) is 0 Å². The van der Waals surface area contributed by atoms with Crippen LogP contribution in [0.1, 0.15) is 23.2 Å². The number of halogens is 2. The van der Waals surface area contributed by atoms with Gasteiger partial charge in [-0.05, 0) is 35.4 Å². The minimum atomic E-state index is -0.366. The number of phenols is 2. The first-order valence-electron chi connectivity index (χ1n) is 5.67. The van der Waals surface area contributed by atoms with Gasteiger partial charge in [-0.3, -0.25) is 0 Å². The third-order valence-corrected chi connectivity index (χ3v) is 2.94. The molecule has 2 rings (SSSR count). The Bertz CT molecular complexity index is 468. The normalized spacial score (nSPS) is 12.7. The molecule has 0 aliphatic heterocycles. The first kappa shape index (κ1) is 18.5. The average Bonchev–Trinajstić information content (AvgIpc) is 2.39. The van der Waals surface area contributed by atoms with Crippen molar-refractivity contribution >= 4 is 24.8 Å². The predicted molar refractivity (Wildman–Crippen MR) is 84.6 cm³/mol. The van der Waals surface area contributed by atoms with Gasteiger partial charge in [0.15, 0.2) is 0 Å². The zero-order chi connectivity index (χ0) is 13.1. The molecular weight excluding hydrogens is 299 g/mol. The Morgan fingerprint density at radius 3 is 1.10 bits per heavy atom. The summed E-state index contributed by atoms with van der Waals surface area (Å²) in [5.74, 6) is 0.397. The van der Waals surface area contributed by atoms with Gasteiger partial charge in [-0.2, -0.15) is 0 Å². The van der Waals surface area contributed by atoms with Gasteiger partial charge in [0.2, 0.25) is 0 Å². The van der Waals surface area contributed by atoms with Crippen LogP contribution in [0, 0.1) is 0 Å². The summed E-state index contributed by atoms with van der Waals surface area (Å²) in [5, 5.41) is 18.4. The topological polar surface area (TPSA) is 92.5 Å². The number of hydrogen-bond acceptors (Lipinski definition) is 4. The summed E-state index contributed by atoms with van der Waals surface area (Å²) in [6, 6.07) is 12.6. The number of benzene rings is 2. The van der Waals surface area contributed by atoms with Gasteiger partial charge < -0.3 is 21.7 Å². The Kier molecular flexibility index (Phi) is 7.39. The van der Waals surface area contributed by atoms with Crippen LogP contribution in [0.3, 0.4) is 0 Å². The molecular formula is C14H18Cl2N2O2. The van der Waals surface area contributed by atoms with Gasteiger partial charge in [0, 0.05) is 12.1 Å². The highest BCUT2D eigenvalue weighted by atomic mass is 35.5. The van der Waals surface area contributed by atoms with E-state index >= 15 is 0 Å². The monoisotopic (exact) mass is 316 g/mol. The second-order valence-electron chi connectivity index (χ2n) is 4.23. The van der Waals surface area contributed by atoms with Crippen molar-refractivity contribution in [1.29, 1.82) is 0 Å². The molecule has 2 aromatic rings. The number of hydrogen-bond donors (Lipinski definition) is 4. The molecule has 0 spiro atoms. The summed E-state index contributed by atoms with van der Waals surface area (Å²) in [4.78, 5) is 0. The minimum absolute atomic E-state index is 0. The predicted octanol–water partition coefficient (Wildman–Crippen LogP) is 2.64. The molecule has 0 amide bonds. The molecule has 0 heterocycles. The molecule has 0 unspecified atom stereocenters. The molecule has 0 radical (unpaired) electrons. The molecule has 0 aliphatic rings. The maximum absolute atomic E-state index is 9.22. The van der Waals surface area contributed by atoms with Crippen molar-refractivity contribution in [2.75, 3.05) is 0 Å². The Morgan fingerprint density at radius 2 is 0.850 bits per heavy atom. The van der Waals surface area contributed by atoms with Gasteiger partial charge >= 0.3 is 0 Å². The van der Waals surface area contributed by atoms with E-state index in [0.717, 1.165) is 11.1 Å². The molecule has 0 bridgehead atoms. The molecule has 2 atom stereocenters. The first-order valence-corrected chi connectivity index (χ1v) is 5.67. The van der Waals surface area contributed by atoms with E-state index in [1.807, 2.05) is 0 Å². The van der Waals surface area contributed by atoms with E-state index in [0.29, 0.717) is 0 Å². The lowest BCUT2D eigenvalue weighted by Crippen LogP contribution is -2.26. The third kappa shape index (κ3) is 4.28. The van der Waals surface area contributed by atoms with Gasteiger partial charge in [-0.25, -0.2) is 0 Å². The van der Waals surface area contributed by atoms with E-state index in [1.165, 1.54) is 0 Å². The Hall–Kier alpha value is -1.46. The van der Waals surface area contributed by atoms with Gasteiger partial charge in [0.05, 0.1) is 0 Å². The number of aromatic hydroxyl groups is 2. The lowest BCUT2D eigenvalue weighted by atomic mass is 9.95. The zero-order valence-electron chi connectivity index (χ0n) is 10.6. The fourth-order valence-electron chi connectivity index (χ4n) is 1.81. The van der Waals surface area contributed by atoms with E-state index in [-0.39, 0.29) is 48.4 Å². The van der Waals surface area contributed by atoms with Crippen LogP contribution < -0.4 is 11.5 Å². The van der Waals surface area contributed by atoms with E-state index in [2.05, 4.69) is 0 Å². The Morgan fingerprint density at radius 1 is 0.600 bits per heavy atom. The molecule has 6 heteroatoms. The molecule has 110 valence electrons. The van der Waals surface area contributed by atoms with E-state index in [1.54, 1.807) is 48.5 Å². The van der Waals surface area contributed by atoms with Crippen LogP contribution in [0.4, 0.5) is 0 Å². The molecule has 0 saturated carbocycles. The first-order chi connectivity index (χ1) is 8.58. The van der Waals surface area contributed by atoms with Gasteiger partial charge in [0.1, 0.15) is 11.5 Å². The fraction of sp³-hybridized carbons (Fsp3) is 0.143. The summed E-state index contributed by atoms with van der Waals surface area (Å²) in [7, 11) is 0. The smallest absolute Gasteiger partial charge is 0.115 e. The Labute approximate surface area is 130 Å². The summed E-state index contributed by atoms with van der Waals surface area (Å²) >= 11 is 0. The zero-order valence-corrected chi connectivity index (χ0v) is 12.3. The van der Waals surface area contributed by atoms with E-state index in [9.17, 15) is 10.2 Å². The average molecular weight is 317 g/mol. The van der Waals surface area contributed by atoms with Crippen LogP contribution in [-0.4, -0.2) is 10.2 Å². The van der Waals surface area contributed by atoms with Crippen molar-refractivity contribution in [2.45, 2.75) is 12.1 Å². The molecule has 0 aromatic heterocycles. The highest BCUT2D eigenvalue weighted by Crippen LogP contribution is 2.26. The van der Waals surface area contributed by atoms with Crippen LogP contribution in [0.5, 0.6) is 11.5 Å². The second-order valence-corrected chi connectivity index (χ2v) is 4.23. The quantitative estimate of drug-likeness (QED) is 0.700. The van der Waals surface area contributed by atoms with Gasteiger partial charge in [-0.15, -0.1) is 24.8 Å². The van der Waals surface area contributed by atoms with Crippen LogP contribution in [0.15, 0.2) is 48.5 Å². The van der Waals surface area contributed by atoms with Crippen LogP contribution in [-0.2, 0) is 0 Å². The highest BCUT2D eigenvalue weighted by molar-refractivity contribution is 5.85. The lowest BCUT2D eigenvalue weighted by molar-refractivity contribution is 0.472. The van der Waals surface area contributed by atoms with Crippen molar-refractivity contribution in [1.82, 2.24) is 0 Å². The maximum atomic E-state index is 9.22. The molecule has 0 aliphatic carbocycles. The van der Waals surface area contributed by atoms with Crippen molar-refractivity contribution in [3.8, 4) is 11.5 Å². The minimum Gasteiger partial charge on any atom is -0.508 e. The highest BCUT2D eigenvalue weighted by Gasteiger charge is 2.17.